The molecule has 3 amide bonds. The first-order valence-electron chi connectivity index (χ1n) is 32.0. The Morgan fingerprint density at radius 3 is 1.22 bits per heavy atom. The van der Waals surface area contributed by atoms with Crippen molar-refractivity contribution in [3.05, 3.63) is 17.7 Å². The number of ether oxygens (including phenoxy) is 5. The highest BCUT2D eigenvalue weighted by atomic mass is 16.7. The third-order valence-electron chi connectivity index (χ3n) is 14.8. The lowest BCUT2D eigenvalue weighted by Gasteiger charge is -2.39. The molecule has 0 aromatic heterocycles. The Kier molecular flexibility index (Phi) is 45.1. The Morgan fingerprint density at radius 2 is 0.795 bits per heavy atom. The van der Waals surface area contributed by atoms with E-state index in [4.69, 9.17) is 23.7 Å². The molecular formula is C63H115N3O12. The maximum Gasteiger partial charge on any atom is 0.251 e. The van der Waals surface area contributed by atoms with E-state index in [-0.39, 0.29) is 30.7 Å². The molecule has 1 saturated heterocycles. The molecule has 7 N–H and O–H groups in total. The highest BCUT2D eigenvalue weighted by molar-refractivity contribution is 5.95. The minimum atomic E-state index is -1.47. The summed E-state index contributed by atoms with van der Waals surface area (Å²) in [7, 11) is 0. The van der Waals surface area contributed by atoms with Crippen molar-refractivity contribution < 1.29 is 58.5 Å². The molecule has 0 spiro atoms. The summed E-state index contributed by atoms with van der Waals surface area (Å²) < 4.78 is 30.4. The van der Waals surface area contributed by atoms with Crippen molar-refractivity contribution in [2.24, 2.45) is 0 Å². The van der Waals surface area contributed by atoms with Gasteiger partial charge < -0.3 is 60.1 Å². The van der Waals surface area contributed by atoms with E-state index in [1.807, 2.05) is 0 Å². The number of unbranched alkanes of at least 4 members (excludes halogenated alkanes) is 30. The van der Waals surface area contributed by atoms with Crippen LogP contribution in [0.4, 0.5) is 0 Å². The fraction of sp³-hybridized carbons (Fsp3) is 0.857. The molecule has 78 heavy (non-hydrogen) atoms. The number of carbonyl (C=O) groups is 3. The van der Waals surface area contributed by atoms with Gasteiger partial charge in [-0.3, -0.25) is 14.4 Å². The Bertz CT molecular complexity index is 1560. The summed E-state index contributed by atoms with van der Waals surface area (Å²) >= 11 is 0. The predicted octanol–water partition coefficient (Wildman–Crippen LogP) is 12.5. The van der Waals surface area contributed by atoms with Crippen molar-refractivity contribution in [1.29, 1.82) is 0 Å². The summed E-state index contributed by atoms with van der Waals surface area (Å²) in [5.74, 6) is 1.22. The molecule has 15 nitrogen and oxygen atoms in total. The van der Waals surface area contributed by atoms with E-state index >= 15 is 0 Å². The van der Waals surface area contributed by atoms with Crippen LogP contribution in [0, 0.1) is 0 Å². The zero-order valence-electron chi connectivity index (χ0n) is 49.6. The number of hydrogen-bond acceptors (Lipinski definition) is 12. The number of carbonyl (C=O) groups excluding carboxylic acids is 3. The van der Waals surface area contributed by atoms with Crippen molar-refractivity contribution in [3.8, 4) is 17.2 Å². The van der Waals surface area contributed by atoms with Gasteiger partial charge in [-0.15, -0.1) is 0 Å². The van der Waals surface area contributed by atoms with Gasteiger partial charge in [0.1, 0.15) is 24.4 Å². The van der Waals surface area contributed by atoms with Crippen LogP contribution < -0.4 is 30.2 Å². The highest BCUT2D eigenvalue weighted by Gasteiger charge is 2.44. The van der Waals surface area contributed by atoms with E-state index in [1.54, 1.807) is 12.1 Å². The maximum absolute atomic E-state index is 13.8. The van der Waals surface area contributed by atoms with Gasteiger partial charge in [0.15, 0.2) is 17.8 Å². The molecule has 0 saturated carbocycles. The number of nitrogens with one attached hydrogen (secondary N) is 3. The quantitative estimate of drug-likeness (QED) is 0.0304. The van der Waals surface area contributed by atoms with E-state index in [0.29, 0.717) is 88.0 Å². The standard InChI is InChI=1S/C63H115N3O12/c1-4-7-10-13-16-19-22-25-29-34-45-74-53-49-52(50-54(75-46-35-30-26-23-20-17-14-11-8-5-2)61(53)76-47-36-31-27-24-21-18-15-12-9-6-3)62(73)66-44-39-41-57(69)65-43-38-40-56(68)64-42-33-28-32-37-48-77-63-60(72)59(71)58(70)55(51-67)78-63/h49-50,55,58-60,63,67,70-72H,4-48,51H2,1-3H3,(H,64,68)(H,65,69)(H,66,73)/t55-,58+,59+,60-,63-/m1/s1. The summed E-state index contributed by atoms with van der Waals surface area (Å²) in [5, 5.41) is 48.1. The van der Waals surface area contributed by atoms with Crippen molar-refractivity contribution in [3.63, 3.8) is 0 Å². The number of hydrogen-bond donors (Lipinski definition) is 7. The van der Waals surface area contributed by atoms with E-state index in [2.05, 4.69) is 36.7 Å². The van der Waals surface area contributed by atoms with Crippen molar-refractivity contribution >= 4 is 17.7 Å². The summed E-state index contributed by atoms with van der Waals surface area (Å²) in [6, 6.07) is 3.59. The summed E-state index contributed by atoms with van der Waals surface area (Å²) in [6.45, 7) is 9.40. The van der Waals surface area contributed by atoms with Crippen LogP contribution >= 0.6 is 0 Å². The van der Waals surface area contributed by atoms with Crippen LogP contribution in [-0.4, -0.2) is 122 Å². The topological polar surface area (TPSA) is 214 Å². The third kappa shape index (κ3) is 35.5. The zero-order valence-corrected chi connectivity index (χ0v) is 49.6. The van der Waals surface area contributed by atoms with Crippen molar-refractivity contribution in [2.45, 2.75) is 295 Å². The Labute approximate surface area is 473 Å². The Morgan fingerprint density at radius 1 is 0.436 bits per heavy atom. The van der Waals surface area contributed by atoms with Gasteiger partial charge in [-0.05, 0) is 57.1 Å². The average molecular weight is 1110 g/mol. The van der Waals surface area contributed by atoms with Gasteiger partial charge in [-0.25, -0.2) is 0 Å². The lowest BCUT2D eigenvalue weighted by Crippen LogP contribution is -2.59. The van der Waals surface area contributed by atoms with Gasteiger partial charge in [-0.2, -0.15) is 0 Å². The second kappa shape index (κ2) is 49.6. The fourth-order valence-corrected chi connectivity index (χ4v) is 9.79. The van der Waals surface area contributed by atoms with Crippen LogP contribution in [0.15, 0.2) is 12.1 Å². The molecule has 1 fully saturated rings. The van der Waals surface area contributed by atoms with E-state index in [1.165, 1.54) is 154 Å². The second-order valence-electron chi connectivity index (χ2n) is 22.0. The second-order valence-corrected chi connectivity index (χ2v) is 22.0. The SMILES string of the molecule is CCCCCCCCCCCCOc1cc(C(=O)NCCCC(=O)NCCCC(=O)NCCCCCCO[C@@H]2O[C@H](CO)[C@H](O)[C@H](O)[C@H]2O)cc(OCCCCCCCCCCCC)c1OCCCCCCCCCCCC. The van der Waals surface area contributed by atoms with Gasteiger partial charge in [-0.1, -0.05) is 207 Å². The smallest absolute Gasteiger partial charge is 0.251 e. The summed E-state index contributed by atoms with van der Waals surface area (Å²) in [4.78, 5) is 38.9. The van der Waals surface area contributed by atoms with E-state index in [0.717, 1.165) is 57.8 Å². The zero-order chi connectivity index (χ0) is 56.5. The van der Waals surface area contributed by atoms with Gasteiger partial charge in [0, 0.05) is 44.6 Å². The largest absolute Gasteiger partial charge is 0.490 e. The highest BCUT2D eigenvalue weighted by Crippen LogP contribution is 2.40. The molecule has 2 rings (SSSR count). The van der Waals surface area contributed by atoms with E-state index < -0.39 is 37.3 Å². The molecule has 5 atom stereocenters. The Hall–Kier alpha value is -3.21. The molecule has 0 unspecified atom stereocenters. The van der Waals surface area contributed by atoms with Crippen molar-refractivity contribution in [1.82, 2.24) is 16.0 Å². The molecule has 0 bridgehead atoms. The first kappa shape index (κ1) is 70.9. The first-order valence-corrected chi connectivity index (χ1v) is 32.0. The number of benzene rings is 1. The molecular weight excluding hydrogens is 991 g/mol. The lowest BCUT2D eigenvalue weighted by molar-refractivity contribution is -0.301. The molecule has 0 aliphatic carbocycles. The van der Waals surface area contributed by atoms with Crippen LogP contribution in [0.25, 0.3) is 0 Å². The van der Waals surface area contributed by atoms with Crippen LogP contribution in [0.2, 0.25) is 0 Å². The minimum Gasteiger partial charge on any atom is -0.490 e. The predicted molar refractivity (Wildman–Crippen MR) is 313 cm³/mol. The van der Waals surface area contributed by atoms with Gasteiger partial charge in [0.05, 0.1) is 26.4 Å². The van der Waals surface area contributed by atoms with Crippen LogP contribution in [0.5, 0.6) is 17.2 Å². The number of aliphatic hydroxyl groups is 4. The number of aliphatic hydroxyl groups excluding tert-OH is 4. The normalized spacial score (nSPS) is 17.2. The number of rotatable bonds is 54. The van der Waals surface area contributed by atoms with Crippen LogP contribution in [0.1, 0.15) is 275 Å². The minimum absolute atomic E-state index is 0.0775. The summed E-state index contributed by atoms with van der Waals surface area (Å²) in [6.07, 6.45) is 35.3. The monoisotopic (exact) mass is 1110 g/mol. The van der Waals surface area contributed by atoms with Crippen LogP contribution in [0.3, 0.4) is 0 Å². The molecule has 1 heterocycles. The van der Waals surface area contributed by atoms with Gasteiger partial charge in [0.2, 0.25) is 17.6 Å². The molecule has 1 aliphatic rings. The molecule has 1 aliphatic heterocycles. The molecule has 1 aromatic carbocycles. The summed E-state index contributed by atoms with van der Waals surface area (Å²) in [5.41, 5.74) is 0.444. The lowest BCUT2D eigenvalue weighted by atomic mass is 9.99. The van der Waals surface area contributed by atoms with Crippen molar-refractivity contribution in [2.75, 3.05) is 52.7 Å². The molecule has 454 valence electrons. The van der Waals surface area contributed by atoms with Gasteiger partial charge in [0.25, 0.3) is 5.91 Å². The number of amides is 3. The molecule has 15 heteroatoms. The molecule has 1 aromatic rings. The maximum atomic E-state index is 13.8. The van der Waals surface area contributed by atoms with Crippen LogP contribution in [-0.2, 0) is 19.1 Å². The average Bonchev–Trinajstić information content (AvgIpc) is 3.44. The fourth-order valence-electron chi connectivity index (χ4n) is 9.79. The van der Waals surface area contributed by atoms with E-state index in [9.17, 15) is 34.8 Å². The van der Waals surface area contributed by atoms with Gasteiger partial charge >= 0.3 is 0 Å². The first-order chi connectivity index (χ1) is 38.2. The Balaban J connectivity index is 1.86. The molecule has 0 radical (unpaired) electrons. The third-order valence-corrected chi connectivity index (χ3v) is 14.8.